The third kappa shape index (κ3) is 4.77. The van der Waals surface area contributed by atoms with Crippen molar-refractivity contribution >= 4 is 40.7 Å². The maximum atomic E-state index is 13.0. The second-order valence-electron chi connectivity index (χ2n) is 6.14. The number of ether oxygens (including phenoxy) is 2. The Kier molecular flexibility index (Phi) is 6.55. The van der Waals surface area contributed by atoms with E-state index in [-0.39, 0.29) is 20.8 Å². The molecule has 3 rings (SSSR count). The normalized spacial score (nSPS) is 15.7. The Balaban J connectivity index is 2.12. The minimum atomic E-state index is -0.660. The summed E-state index contributed by atoms with van der Waals surface area (Å²) in [6, 6.07) is 7.00. The number of nitrogens with one attached hydrogen (secondary N) is 1. The van der Waals surface area contributed by atoms with Gasteiger partial charge in [-0.05, 0) is 25.0 Å². The SMILES string of the molecule is COC(=O)/C=c1\s/c(=C(/N=Nc2ccccc2OC)C(=O)N2CCCC2)[nH]c1=O. The lowest BCUT2D eigenvalue weighted by Gasteiger charge is -2.14. The van der Waals surface area contributed by atoms with Gasteiger partial charge in [0.2, 0.25) is 0 Å². The minimum absolute atomic E-state index is 0.00409. The number of amides is 1. The van der Waals surface area contributed by atoms with E-state index < -0.39 is 11.5 Å². The summed E-state index contributed by atoms with van der Waals surface area (Å²) >= 11 is 0.950. The number of methoxy groups -OCH3 is 2. The molecular weight excluding hydrogens is 396 g/mol. The van der Waals surface area contributed by atoms with Crippen LogP contribution < -0.4 is 19.5 Å². The number of nitrogens with zero attached hydrogens (tertiary/aromatic N) is 3. The van der Waals surface area contributed by atoms with Gasteiger partial charge in [-0.25, -0.2) is 4.79 Å². The summed E-state index contributed by atoms with van der Waals surface area (Å²) in [5, 5.41) is 8.31. The zero-order valence-corrected chi connectivity index (χ0v) is 16.8. The lowest BCUT2D eigenvalue weighted by molar-refractivity contribution is -0.133. The van der Waals surface area contributed by atoms with E-state index in [0.29, 0.717) is 24.5 Å². The van der Waals surface area contributed by atoms with E-state index in [1.165, 1.54) is 14.2 Å². The smallest absolute Gasteiger partial charge is 0.332 e. The fourth-order valence-electron chi connectivity index (χ4n) is 2.79. The highest BCUT2D eigenvalue weighted by molar-refractivity contribution is 7.07. The molecule has 29 heavy (non-hydrogen) atoms. The minimum Gasteiger partial charge on any atom is -0.494 e. The van der Waals surface area contributed by atoms with Crippen LogP contribution >= 0.6 is 11.3 Å². The van der Waals surface area contributed by atoms with Gasteiger partial charge in [0.15, 0.2) is 5.70 Å². The molecule has 0 radical (unpaired) electrons. The van der Waals surface area contributed by atoms with Crippen LogP contribution in [0.2, 0.25) is 0 Å². The number of hydrogen-bond donors (Lipinski definition) is 1. The van der Waals surface area contributed by atoms with Gasteiger partial charge in [0, 0.05) is 19.2 Å². The van der Waals surface area contributed by atoms with Crippen LogP contribution in [-0.4, -0.2) is 49.1 Å². The summed E-state index contributed by atoms with van der Waals surface area (Å²) in [6.07, 6.45) is 2.89. The van der Waals surface area contributed by atoms with Crippen LogP contribution in [0.3, 0.4) is 0 Å². The van der Waals surface area contributed by atoms with Crippen molar-refractivity contribution in [1.82, 2.24) is 9.88 Å². The highest BCUT2D eigenvalue weighted by Crippen LogP contribution is 2.27. The number of H-pyrrole nitrogens is 1. The summed E-state index contributed by atoms with van der Waals surface area (Å²) < 4.78 is 10.2. The molecule has 0 bridgehead atoms. The van der Waals surface area contributed by atoms with Gasteiger partial charge >= 0.3 is 5.97 Å². The number of hydrogen-bond acceptors (Lipinski definition) is 8. The predicted molar refractivity (Wildman–Crippen MR) is 107 cm³/mol. The predicted octanol–water partition coefficient (Wildman–Crippen LogP) is 0.913. The molecule has 1 aliphatic heterocycles. The summed E-state index contributed by atoms with van der Waals surface area (Å²) in [5.41, 5.74) is -0.0546. The van der Waals surface area contributed by atoms with Gasteiger partial charge < -0.3 is 19.4 Å². The van der Waals surface area contributed by atoms with Crippen LogP contribution in [0.4, 0.5) is 5.69 Å². The summed E-state index contributed by atoms with van der Waals surface area (Å²) in [5.74, 6) is -0.487. The van der Waals surface area contributed by atoms with Crippen molar-refractivity contribution < 1.29 is 19.1 Å². The van der Waals surface area contributed by atoms with Crippen molar-refractivity contribution in [3.63, 3.8) is 0 Å². The molecule has 1 aromatic heterocycles. The standard InChI is InChI=1S/C19H20N4O5S/c1-27-13-8-4-3-7-12(13)21-22-16(19(26)23-9-5-6-10-23)18-20-17(25)14(29-18)11-15(24)28-2/h3-4,7-8,11H,5-6,9-10H2,1-2H3,(H,20,25)/b14-11-,18-16+,22-21?. The molecule has 0 aliphatic carbocycles. The lowest BCUT2D eigenvalue weighted by atomic mass is 10.3. The topological polar surface area (TPSA) is 113 Å². The number of rotatable bonds is 5. The van der Waals surface area contributed by atoms with Crippen molar-refractivity contribution in [3.8, 4) is 5.75 Å². The van der Waals surface area contributed by atoms with Gasteiger partial charge in [0.05, 0.1) is 14.2 Å². The van der Waals surface area contributed by atoms with Crippen LogP contribution in [0, 0.1) is 0 Å². The zero-order chi connectivity index (χ0) is 20.8. The maximum absolute atomic E-state index is 13.0. The second-order valence-corrected chi connectivity index (χ2v) is 7.19. The Morgan fingerprint density at radius 2 is 1.93 bits per heavy atom. The van der Waals surface area contributed by atoms with E-state index >= 15 is 0 Å². The van der Waals surface area contributed by atoms with E-state index in [4.69, 9.17) is 4.74 Å². The number of azo groups is 1. The van der Waals surface area contributed by atoms with E-state index in [1.807, 2.05) is 0 Å². The molecule has 2 heterocycles. The average Bonchev–Trinajstić information content (AvgIpc) is 3.39. The van der Waals surface area contributed by atoms with Crippen molar-refractivity contribution in [1.29, 1.82) is 0 Å². The second kappa shape index (κ2) is 9.28. The average molecular weight is 416 g/mol. The van der Waals surface area contributed by atoms with Crippen LogP contribution in [-0.2, 0) is 14.3 Å². The van der Waals surface area contributed by atoms with E-state index in [1.54, 1.807) is 29.2 Å². The van der Waals surface area contributed by atoms with E-state index in [9.17, 15) is 14.4 Å². The molecule has 9 nitrogen and oxygen atoms in total. The number of benzene rings is 1. The number of aromatic nitrogens is 1. The zero-order valence-electron chi connectivity index (χ0n) is 16.0. The largest absolute Gasteiger partial charge is 0.494 e. The van der Waals surface area contributed by atoms with Crippen LogP contribution in [0.1, 0.15) is 12.8 Å². The van der Waals surface area contributed by atoms with Crippen molar-refractivity contribution in [2.75, 3.05) is 27.3 Å². The van der Waals surface area contributed by atoms with Gasteiger partial charge in [0.25, 0.3) is 11.5 Å². The molecule has 1 aliphatic rings. The van der Waals surface area contributed by atoms with Gasteiger partial charge in [-0.15, -0.1) is 21.6 Å². The lowest BCUT2D eigenvalue weighted by Crippen LogP contribution is -2.31. The van der Waals surface area contributed by atoms with Crippen LogP contribution in [0.5, 0.6) is 5.75 Å². The van der Waals surface area contributed by atoms with Crippen molar-refractivity contribution in [2.45, 2.75) is 12.8 Å². The van der Waals surface area contributed by atoms with Crippen LogP contribution in [0.15, 0.2) is 39.3 Å². The first-order valence-electron chi connectivity index (χ1n) is 8.90. The number of likely N-dealkylation sites (tertiary alicyclic amines) is 1. The van der Waals surface area contributed by atoms with Crippen molar-refractivity contribution in [3.05, 3.63) is 43.8 Å². The molecule has 1 saturated heterocycles. The molecule has 152 valence electrons. The molecule has 0 atom stereocenters. The Hall–Kier alpha value is -3.27. The molecular formula is C19H20N4O5S. The van der Waals surface area contributed by atoms with Crippen LogP contribution in [0.25, 0.3) is 11.8 Å². The first-order valence-corrected chi connectivity index (χ1v) is 9.72. The first kappa shape index (κ1) is 20.5. The van der Waals surface area contributed by atoms with E-state index in [0.717, 1.165) is 30.3 Å². The van der Waals surface area contributed by atoms with E-state index in [2.05, 4.69) is 19.9 Å². The molecule has 0 spiro atoms. The Morgan fingerprint density at radius 3 is 2.62 bits per heavy atom. The number of para-hydroxylation sites is 1. The monoisotopic (exact) mass is 416 g/mol. The molecule has 1 fully saturated rings. The molecule has 0 saturated carbocycles. The van der Waals surface area contributed by atoms with Crippen molar-refractivity contribution in [2.24, 2.45) is 10.2 Å². The fourth-order valence-corrected chi connectivity index (χ4v) is 3.67. The third-order valence-corrected chi connectivity index (χ3v) is 5.29. The third-order valence-electron chi connectivity index (χ3n) is 4.27. The first-order chi connectivity index (χ1) is 14.0. The summed E-state index contributed by atoms with van der Waals surface area (Å²) in [4.78, 5) is 40.9. The number of thiazole rings is 1. The Labute approximate surface area is 170 Å². The highest BCUT2D eigenvalue weighted by Gasteiger charge is 2.23. The van der Waals surface area contributed by atoms with Gasteiger partial charge in [-0.3, -0.25) is 9.59 Å². The quantitative estimate of drug-likeness (QED) is 0.575. The molecule has 0 unspecified atom stereocenters. The number of aromatic amines is 1. The van der Waals surface area contributed by atoms with Gasteiger partial charge in [-0.1, -0.05) is 12.1 Å². The molecule has 1 N–H and O–H groups in total. The van der Waals surface area contributed by atoms with Gasteiger partial charge in [-0.2, -0.15) is 0 Å². The molecule has 1 amide bonds. The molecule has 1 aromatic carbocycles. The summed E-state index contributed by atoms with van der Waals surface area (Å²) in [7, 11) is 2.73. The molecule has 10 heteroatoms. The number of carbonyl (C=O) groups is 2. The fraction of sp³-hybridized carbons (Fsp3) is 0.316. The molecule has 2 aromatic rings. The maximum Gasteiger partial charge on any atom is 0.332 e. The summed E-state index contributed by atoms with van der Waals surface area (Å²) in [6.45, 7) is 1.23. The number of esters is 1. The Bertz CT molecular complexity index is 1110. The highest BCUT2D eigenvalue weighted by atomic mass is 32.1. The Morgan fingerprint density at radius 1 is 1.21 bits per heavy atom. The number of carbonyl (C=O) groups excluding carboxylic acids is 2. The van der Waals surface area contributed by atoms with Gasteiger partial charge in [0.1, 0.15) is 20.6 Å².